The first-order valence-electron chi connectivity index (χ1n) is 12.3. The van der Waals surface area contributed by atoms with Crippen molar-refractivity contribution in [2.75, 3.05) is 0 Å². The van der Waals surface area contributed by atoms with E-state index in [-0.39, 0.29) is 18.6 Å². The highest BCUT2D eigenvalue weighted by Crippen LogP contribution is 2.46. The van der Waals surface area contributed by atoms with E-state index < -0.39 is 11.9 Å². The largest absolute Gasteiger partial charge is 0.429 e. The van der Waals surface area contributed by atoms with Crippen LogP contribution in [0.15, 0.2) is 12.1 Å². The van der Waals surface area contributed by atoms with Crippen molar-refractivity contribution in [3.63, 3.8) is 0 Å². The fourth-order valence-corrected chi connectivity index (χ4v) is 6.49. The number of fused-ring (bicyclic) bond motifs is 1. The minimum absolute atomic E-state index is 0.183. The van der Waals surface area contributed by atoms with Gasteiger partial charge in [-0.05, 0) is 105 Å². The number of rotatable bonds is 5. The zero-order chi connectivity index (χ0) is 21.3. The molecular formula is C26H37F3O. The molecule has 3 aliphatic rings. The molecule has 0 N–H and O–H groups in total. The lowest BCUT2D eigenvalue weighted by Gasteiger charge is -2.39. The Hall–Kier alpha value is -1.19. The van der Waals surface area contributed by atoms with Gasteiger partial charge >= 0.3 is 6.11 Å². The fraction of sp³-hybridized carbons (Fsp3) is 0.769. The third-order valence-corrected chi connectivity index (χ3v) is 8.35. The van der Waals surface area contributed by atoms with Crippen LogP contribution in [0, 0.1) is 29.5 Å². The van der Waals surface area contributed by atoms with Crippen molar-refractivity contribution < 1.29 is 17.9 Å². The highest BCUT2D eigenvalue weighted by molar-refractivity contribution is 5.41. The van der Waals surface area contributed by atoms with Gasteiger partial charge < -0.3 is 4.74 Å². The Morgan fingerprint density at radius 1 is 1.00 bits per heavy atom. The molecule has 168 valence electrons. The van der Waals surface area contributed by atoms with E-state index >= 15 is 0 Å². The van der Waals surface area contributed by atoms with Crippen molar-refractivity contribution in [3.05, 3.63) is 29.1 Å². The van der Waals surface area contributed by atoms with E-state index in [0.29, 0.717) is 11.5 Å². The van der Waals surface area contributed by atoms with Crippen molar-refractivity contribution in [1.29, 1.82) is 0 Å². The van der Waals surface area contributed by atoms with Gasteiger partial charge in [-0.3, -0.25) is 0 Å². The minimum Gasteiger partial charge on any atom is -0.429 e. The van der Waals surface area contributed by atoms with Gasteiger partial charge in [0.15, 0.2) is 11.6 Å². The molecule has 4 rings (SSSR count). The summed E-state index contributed by atoms with van der Waals surface area (Å²) < 4.78 is 46.0. The van der Waals surface area contributed by atoms with Crippen LogP contribution in [0.5, 0.6) is 5.75 Å². The van der Waals surface area contributed by atoms with Crippen molar-refractivity contribution in [2.24, 2.45) is 23.7 Å². The predicted molar refractivity (Wildman–Crippen MR) is 115 cm³/mol. The van der Waals surface area contributed by atoms with Crippen LogP contribution in [0.2, 0.25) is 0 Å². The standard InChI is InChI=1S/C26H37F3O/c1-3-4-17(2)18-5-7-19(8-6-18)20-9-11-21(12-10-20)23-15-22-13-14-26(28,29)30-25(22)24(27)16-23/h15-21H,3-14H2,1-2H3. The molecule has 0 bridgehead atoms. The number of benzene rings is 1. The Kier molecular flexibility index (Phi) is 6.70. The Morgan fingerprint density at radius 3 is 2.27 bits per heavy atom. The van der Waals surface area contributed by atoms with E-state index in [2.05, 4.69) is 18.6 Å². The number of hydrogen-bond donors (Lipinski definition) is 0. The highest BCUT2D eigenvalue weighted by atomic mass is 19.3. The Labute approximate surface area is 179 Å². The van der Waals surface area contributed by atoms with Crippen molar-refractivity contribution >= 4 is 0 Å². The third kappa shape index (κ3) is 4.83. The first kappa shape index (κ1) is 22.0. The van der Waals surface area contributed by atoms with Crippen LogP contribution in [-0.4, -0.2) is 6.11 Å². The molecule has 0 amide bonds. The molecule has 0 spiro atoms. The summed E-state index contributed by atoms with van der Waals surface area (Å²) >= 11 is 0. The molecule has 1 nitrogen and oxygen atoms in total. The zero-order valence-electron chi connectivity index (χ0n) is 18.6. The van der Waals surface area contributed by atoms with Gasteiger partial charge in [-0.2, -0.15) is 8.78 Å². The minimum atomic E-state index is -3.25. The maximum absolute atomic E-state index is 14.5. The smallest absolute Gasteiger partial charge is 0.398 e. The van der Waals surface area contributed by atoms with Crippen molar-refractivity contribution in [3.8, 4) is 5.75 Å². The average Bonchev–Trinajstić information content (AvgIpc) is 2.74. The second kappa shape index (κ2) is 9.12. The first-order chi connectivity index (χ1) is 14.4. The summed E-state index contributed by atoms with van der Waals surface area (Å²) in [4.78, 5) is 0. The SMILES string of the molecule is CCCC(C)C1CCC(C2CCC(c3cc(F)c4c(c3)CCC(F)(F)O4)CC2)CC1. The van der Waals surface area contributed by atoms with E-state index in [0.717, 1.165) is 42.1 Å². The Bertz CT molecular complexity index is 715. The quantitative estimate of drug-likeness (QED) is 0.464. The lowest BCUT2D eigenvalue weighted by atomic mass is 9.66. The normalized spacial score (nSPS) is 32.2. The zero-order valence-corrected chi connectivity index (χ0v) is 18.6. The summed E-state index contributed by atoms with van der Waals surface area (Å²) in [6, 6.07) is 3.38. The van der Waals surface area contributed by atoms with Crippen LogP contribution in [-0.2, 0) is 6.42 Å². The molecule has 1 atom stereocenters. The van der Waals surface area contributed by atoms with E-state index in [9.17, 15) is 13.2 Å². The van der Waals surface area contributed by atoms with Gasteiger partial charge in [0, 0.05) is 0 Å². The molecule has 0 aromatic heterocycles. The van der Waals surface area contributed by atoms with Gasteiger partial charge in [0.1, 0.15) is 0 Å². The van der Waals surface area contributed by atoms with Crippen LogP contribution >= 0.6 is 0 Å². The summed E-state index contributed by atoms with van der Waals surface area (Å²) in [7, 11) is 0. The fourth-order valence-electron chi connectivity index (χ4n) is 6.49. The molecule has 1 unspecified atom stereocenters. The van der Waals surface area contributed by atoms with Gasteiger partial charge in [-0.25, -0.2) is 4.39 Å². The van der Waals surface area contributed by atoms with Crippen molar-refractivity contribution in [1.82, 2.24) is 0 Å². The molecule has 4 heteroatoms. The van der Waals surface area contributed by atoms with Crippen molar-refractivity contribution in [2.45, 2.75) is 103 Å². The van der Waals surface area contributed by atoms with Crippen LogP contribution in [0.4, 0.5) is 13.2 Å². The summed E-state index contributed by atoms with van der Waals surface area (Å²) in [5, 5.41) is 0. The highest BCUT2D eigenvalue weighted by Gasteiger charge is 2.38. The molecule has 1 aromatic rings. The first-order valence-corrected chi connectivity index (χ1v) is 12.3. The van der Waals surface area contributed by atoms with Gasteiger partial charge in [0.2, 0.25) is 0 Å². The summed E-state index contributed by atoms with van der Waals surface area (Å²) in [5.41, 5.74) is 1.59. The van der Waals surface area contributed by atoms with Crippen LogP contribution in [0.1, 0.15) is 102 Å². The molecule has 1 heterocycles. The van der Waals surface area contributed by atoms with Crippen LogP contribution < -0.4 is 4.74 Å². The second-order valence-electron chi connectivity index (χ2n) is 10.3. The van der Waals surface area contributed by atoms with Gasteiger partial charge in [-0.1, -0.05) is 32.8 Å². The molecular weight excluding hydrogens is 385 g/mol. The Balaban J connectivity index is 1.32. The lowest BCUT2D eigenvalue weighted by Crippen LogP contribution is -2.30. The lowest BCUT2D eigenvalue weighted by molar-refractivity contribution is -0.188. The molecule has 1 aliphatic heterocycles. The number of halogens is 3. The van der Waals surface area contributed by atoms with Gasteiger partial charge in [0.05, 0.1) is 6.42 Å². The van der Waals surface area contributed by atoms with E-state index in [1.54, 1.807) is 0 Å². The molecule has 2 aliphatic carbocycles. The number of aryl methyl sites for hydroxylation is 1. The third-order valence-electron chi connectivity index (χ3n) is 8.35. The molecule has 0 radical (unpaired) electrons. The summed E-state index contributed by atoms with van der Waals surface area (Å²) in [6.45, 7) is 4.72. The maximum atomic E-state index is 14.5. The van der Waals surface area contributed by atoms with Gasteiger partial charge in [0.25, 0.3) is 0 Å². The van der Waals surface area contributed by atoms with Gasteiger partial charge in [-0.15, -0.1) is 0 Å². The predicted octanol–water partition coefficient (Wildman–Crippen LogP) is 8.26. The van der Waals surface area contributed by atoms with Crippen LogP contribution in [0.3, 0.4) is 0 Å². The number of hydrogen-bond acceptors (Lipinski definition) is 1. The summed E-state index contributed by atoms with van der Waals surface area (Å²) in [5.74, 6) is 2.96. The molecule has 0 saturated heterocycles. The number of alkyl halides is 2. The summed E-state index contributed by atoms with van der Waals surface area (Å²) in [6.07, 6.45) is 9.40. The van der Waals surface area contributed by atoms with Crippen LogP contribution in [0.25, 0.3) is 0 Å². The molecule has 1 aromatic carbocycles. The van der Waals surface area contributed by atoms with E-state index in [1.807, 2.05) is 6.07 Å². The maximum Gasteiger partial charge on any atom is 0.398 e. The number of ether oxygens (including phenoxy) is 1. The monoisotopic (exact) mass is 422 g/mol. The van der Waals surface area contributed by atoms with E-state index in [1.165, 1.54) is 57.4 Å². The molecule has 2 saturated carbocycles. The second-order valence-corrected chi connectivity index (χ2v) is 10.3. The molecule has 2 fully saturated rings. The Morgan fingerprint density at radius 2 is 1.63 bits per heavy atom. The average molecular weight is 423 g/mol. The topological polar surface area (TPSA) is 9.23 Å². The molecule has 30 heavy (non-hydrogen) atoms. The van der Waals surface area contributed by atoms with E-state index in [4.69, 9.17) is 0 Å².